The molecule has 4 aromatic carbocycles. The van der Waals surface area contributed by atoms with E-state index >= 15 is 0 Å². The molecular formula is C28H25ClFN3O6S2. The average molecular weight is 618 g/mol. The van der Waals surface area contributed by atoms with Crippen molar-refractivity contribution in [1.29, 1.82) is 0 Å². The number of aryl methyl sites for hydroxylation is 1. The number of hydrogen-bond acceptors (Lipinski definition) is 6. The van der Waals surface area contributed by atoms with E-state index in [9.17, 15) is 26.0 Å². The lowest BCUT2D eigenvalue weighted by molar-refractivity contribution is -0.114. The number of carbonyl (C=O) groups excluding carboxylic acids is 1. The SMILES string of the molecule is COc1ccc(Cl)cc1N(CC(=O)Nc1ccc(S(=O)(=O)Nc2ccc(F)cc2)cc1)S(=O)(=O)c1ccc(C)cc1. The molecule has 0 aliphatic heterocycles. The summed E-state index contributed by atoms with van der Waals surface area (Å²) in [6.07, 6.45) is 0. The number of anilines is 3. The van der Waals surface area contributed by atoms with Gasteiger partial charge in [0, 0.05) is 16.4 Å². The third kappa shape index (κ3) is 7.15. The molecule has 0 aliphatic carbocycles. The van der Waals surface area contributed by atoms with E-state index in [0.717, 1.165) is 22.0 Å². The molecule has 41 heavy (non-hydrogen) atoms. The predicted molar refractivity (Wildman–Crippen MR) is 156 cm³/mol. The molecule has 4 aromatic rings. The van der Waals surface area contributed by atoms with Crippen molar-refractivity contribution in [3.63, 3.8) is 0 Å². The zero-order valence-electron chi connectivity index (χ0n) is 21.8. The van der Waals surface area contributed by atoms with Crippen molar-refractivity contribution in [2.45, 2.75) is 16.7 Å². The number of amides is 1. The van der Waals surface area contributed by atoms with Gasteiger partial charge in [-0.2, -0.15) is 0 Å². The van der Waals surface area contributed by atoms with Gasteiger partial charge in [-0.15, -0.1) is 0 Å². The quantitative estimate of drug-likeness (QED) is 0.245. The molecule has 0 spiro atoms. The van der Waals surface area contributed by atoms with Gasteiger partial charge in [-0.25, -0.2) is 21.2 Å². The Balaban J connectivity index is 1.58. The highest BCUT2D eigenvalue weighted by Crippen LogP contribution is 2.35. The van der Waals surface area contributed by atoms with Crippen LogP contribution in [0.1, 0.15) is 5.56 Å². The maximum Gasteiger partial charge on any atom is 0.264 e. The highest BCUT2D eigenvalue weighted by atomic mass is 35.5. The van der Waals surface area contributed by atoms with Gasteiger partial charge in [0.05, 0.1) is 22.6 Å². The van der Waals surface area contributed by atoms with Crippen LogP contribution in [0, 0.1) is 12.7 Å². The van der Waals surface area contributed by atoms with Crippen LogP contribution in [0.4, 0.5) is 21.5 Å². The Morgan fingerprint density at radius 2 is 1.44 bits per heavy atom. The molecule has 0 aliphatic rings. The number of sulfonamides is 2. The van der Waals surface area contributed by atoms with E-state index in [1.807, 2.05) is 6.92 Å². The number of carbonyl (C=O) groups is 1. The summed E-state index contributed by atoms with van der Waals surface area (Å²) in [7, 11) is -6.87. The summed E-state index contributed by atoms with van der Waals surface area (Å²) in [5.41, 5.74) is 1.31. The van der Waals surface area contributed by atoms with Gasteiger partial charge >= 0.3 is 0 Å². The minimum absolute atomic E-state index is 0.0406. The van der Waals surface area contributed by atoms with Gasteiger partial charge in [-0.1, -0.05) is 29.3 Å². The summed E-state index contributed by atoms with van der Waals surface area (Å²) in [6, 6.07) is 20.6. The van der Waals surface area contributed by atoms with Crippen molar-refractivity contribution in [1.82, 2.24) is 0 Å². The molecule has 1 amide bonds. The molecule has 0 atom stereocenters. The van der Waals surface area contributed by atoms with Crippen LogP contribution < -0.4 is 19.1 Å². The fourth-order valence-electron chi connectivity index (χ4n) is 3.78. The maximum atomic E-state index is 13.7. The summed E-state index contributed by atoms with van der Waals surface area (Å²) in [4.78, 5) is 13.0. The Bertz CT molecular complexity index is 1770. The van der Waals surface area contributed by atoms with Crippen molar-refractivity contribution in [2.75, 3.05) is 28.0 Å². The summed E-state index contributed by atoms with van der Waals surface area (Å²) in [5, 5.41) is 2.82. The van der Waals surface area contributed by atoms with Crippen LogP contribution in [-0.4, -0.2) is 36.4 Å². The molecule has 0 fully saturated rings. The highest BCUT2D eigenvalue weighted by Gasteiger charge is 2.30. The molecular weight excluding hydrogens is 593 g/mol. The Kier molecular flexibility index (Phi) is 8.86. The van der Waals surface area contributed by atoms with Crippen LogP contribution in [0.15, 0.2) is 101 Å². The van der Waals surface area contributed by atoms with Crippen molar-refractivity contribution in [2.24, 2.45) is 0 Å². The first-order valence-electron chi connectivity index (χ1n) is 12.0. The smallest absolute Gasteiger partial charge is 0.264 e. The van der Waals surface area contributed by atoms with Gasteiger partial charge < -0.3 is 10.1 Å². The summed E-state index contributed by atoms with van der Waals surface area (Å²) in [6.45, 7) is 1.18. The van der Waals surface area contributed by atoms with Gasteiger partial charge in [0.25, 0.3) is 20.0 Å². The van der Waals surface area contributed by atoms with Crippen molar-refractivity contribution >= 4 is 54.6 Å². The van der Waals surface area contributed by atoms with Crippen LogP contribution in [-0.2, 0) is 24.8 Å². The molecule has 9 nitrogen and oxygen atoms in total. The lowest BCUT2D eigenvalue weighted by Gasteiger charge is -2.26. The standard InChI is InChI=1S/C28H25ClFN3O6S2/c1-19-3-12-25(13-4-19)41(37,38)33(26-17-20(29)5-16-27(26)39-2)18-28(34)31-22-10-14-24(15-11-22)40(35,36)32-23-8-6-21(30)7-9-23/h3-17,32H,18H2,1-2H3,(H,31,34). The zero-order chi connectivity index (χ0) is 29.8. The van der Waals surface area contributed by atoms with E-state index < -0.39 is 38.3 Å². The second-order valence-corrected chi connectivity index (χ2v) is 12.8. The van der Waals surface area contributed by atoms with Crippen LogP contribution >= 0.6 is 11.6 Å². The number of hydrogen-bond donors (Lipinski definition) is 2. The number of rotatable bonds is 10. The van der Waals surface area contributed by atoms with Crippen LogP contribution in [0.3, 0.4) is 0 Å². The van der Waals surface area contributed by atoms with Crippen molar-refractivity contribution < 1.29 is 30.8 Å². The normalized spacial score (nSPS) is 11.5. The van der Waals surface area contributed by atoms with E-state index in [0.29, 0.717) is 0 Å². The molecule has 0 radical (unpaired) electrons. The second-order valence-electron chi connectivity index (χ2n) is 8.83. The van der Waals surface area contributed by atoms with Crippen LogP contribution in [0.2, 0.25) is 5.02 Å². The zero-order valence-corrected chi connectivity index (χ0v) is 24.2. The number of halogens is 2. The van der Waals surface area contributed by atoms with Gasteiger partial charge in [0.15, 0.2) is 0 Å². The Hall–Kier alpha value is -4.13. The van der Waals surface area contributed by atoms with Gasteiger partial charge in [0.1, 0.15) is 18.1 Å². The fourth-order valence-corrected chi connectivity index (χ4v) is 6.42. The monoisotopic (exact) mass is 617 g/mol. The number of nitrogens with one attached hydrogen (secondary N) is 2. The number of methoxy groups -OCH3 is 1. The number of ether oxygens (including phenoxy) is 1. The molecule has 0 bridgehead atoms. The molecule has 2 N–H and O–H groups in total. The summed E-state index contributed by atoms with van der Waals surface area (Å²) < 4.78 is 74.5. The minimum Gasteiger partial charge on any atom is -0.495 e. The van der Waals surface area contributed by atoms with Crippen molar-refractivity contribution in [3.8, 4) is 5.75 Å². The molecule has 0 saturated carbocycles. The molecule has 13 heteroatoms. The van der Waals surface area contributed by atoms with E-state index in [1.54, 1.807) is 12.1 Å². The summed E-state index contributed by atoms with van der Waals surface area (Å²) >= 11 is 6.16. The number of nitrogens with zero attached hydrogens (tertiary/aromatic N) is 1. The molecule has 0 heterocycles. The molecule has 0 aromatic heterocycles. The van der Waals surface area contributed by atoms with E-state index in [-0.39, 0.29) is 37.6 Å². The van der Waals surface area contributed by atoms with E-state index in [1.165, 1.54) is 73.8 Å². The molecule has 0 unspecified atom stereocenters. The molecule has 214 valence electrons. The van der Waals surface area contributed by atoms with Gasteiger partial charge in [-0.05, 0) is 85.8 Å². The van der Waals surface area contributed by atoms with E-state index in [2.05, 4.69) is 10.0 Å². The Labute approximate surface area is 242 Å². The largest absolute Gasteiger partial charge is 0.495 e. The average Bonchev–Trinajstić information content (AvgIpc) is 2.93. The Morgan fingerprint density at radius 1 is 0.854 bits per heavy atom. The second kappa shape index (κ2) is 12.2. The third-order valence-corrected chi connectivity index (χ3v) is 9.26. The first-order chi connectivity index (χ1) is 19.4. The van der Waals surface area contributed by atoms with Crippen molar-refractivity contribution in [3.05, 3.63) is 107 Å². The summed E-state index contributed by atoms with van der Waals surface area (Å²) in [5.74, 6) is -1.03. The maximum absolute atomic E-state index is 13.7. The lowest BCUT2D eigenvalue weighted by Crippen LogP contribution is -2.38. The van der Waals surface area contributed by atoms with Gasteiger partial charge in [-0.3, -0.25) is 13.8 Å². The molecule has 0 saturated heterocycles. The van der Waals surface area contributed by atoms with E-state index in [4.69, 9.17) is 16.3 Å². The topological polar surface area (TPSA) is 122 Å². The molecule has 4 rings (SSSR count). The third-order valence-electron chi connectivity index (χ3n) is 5.85. The fraction of sp³-hybridized carbons (Fsp3) is 0.107. The predicted octanol–water partition coefficient (Wildman–Crippen LogP) is 5.43. The highest BCUT2D eigenvalue weighted by molar-refractivity contribution is 7.93. The van der Waals surface area contributed by atoms with Gasteiger partial charge in [0.2, 0.25) is 5.91 Å². The minimum atomic E-state index is -4.24. The van der Waals surface area contributed by atoms with Crippen LogP contribution in [0.5, 0.6) is 5.75 Å². The number of benzene rings is 4. The first-order valence-corrected chi connectivity index (χ1v) is 15.3. The lowest BCUT2D eigenvalue weighted by atomic mass is 10.2. The van der Waals surface area contributed by atoms with Crippen LogP contribution in [0.25, 0.3) is 0 Å². The first kappa shape index (κ1) is 29.8. The Morgan fingerprint density at radius 3 is 2.05 bits per heavy atom.